The molecule has 0 heterocycles. The Balaban J connectivity index is 4.22. The second-order valence-electron chi connectivity index (χ2n) is 4.11. The number of rotatable bonds is 4. The highest BCUT2D eigenvalue weighted by Crippen LogP contribution is 2.18. The Bertz CT molecular complexity index is 186. The molecule has 0 bridgehead atoms. The molecule has 0 aromatic heterocycles. The van der Waals surface area contributed by atoms with Gasteiger partial charge in [0.05, 0.1) is 31.5 Å². The van der Waals surface area contributed by atoms with Gasteiger partial charge < -0.3 is 14.9 Å². The van der Waals surface area contributed by atoms with Gasteiger partial charge in [0, 0.05) is 0 Å². The van der Waals surface area contributed by atoms with Crippen molar-refractivity contribution in [2.24, 2.45) is 5.41 Å². The highest BCUT2D eigenvalue weighted by molar-refractivity contribution is 4.98. The van der Waals surface area contributed by atoms with Crippen LogP contribution in [0.2, 0.25) is 0 Å². The molecule has 0 aromatic rings. The van der Waals surface area contributed by atoms with Crippen LogP contribution in [0.3, 0.4) is 0 Å². The van der Waals surface area contributed by atoms with Gasteiger partial charge in [0.2, 0.25) is 0 Å². The van der Waals surface area contributed by atoms with Crippen LogP contribution in [0.25, 0.3) is 0 Å². The lowest BCUT2D eigenvalue weighted by Crippen LogP contribution is -2.37. The first kappa shape index (κ1) is 12.4. The summed E-state index contributed by atoms with van der Waals surface area (Å²) in [5.74, 6) is 0. The first-order chi connectivity index (χ1) is 5.89. The van der Waals surface area contributed by atoms with Crippen LogP contribution < -0.4 is 0 Å². The minimum atomic E-state index is -1.17. The second kappa shape index (κ2) is 4.56. The summed E-state index contributed by atoms with van der Waals surface area (Å²) in [4.78, 5) is 0. The van der Waals surface area contributed by atoms with Gasteiger partial charge in [-0.3, -0.25) is 0 Å². The lowest BCUT2D eigenvalue weighted by Gasteiger charge is -2.27. The quantitative estimate of drug-likeness (QED) is 0.663. The van der Waals surface area contributed by atoms with Crippen LogP contribution in [-0.2, 0) is 4.74 Å². The van der Waals surface area contributed by atoms with Crippen LogP contribution in [-0.4, -0.2) is 35.6 Å². The van der Waals surface area contributed by atoms with Crippen LogP contribution in [0, 0.1) is 16.7 Å². The first-order valence-corrected chi connectivity index (χ1v) is 4.16. The van der Waals surface area contributed by atoms with E-state index in [1.165, 1.54) is 0 Å². The Morgan fingerprint density at radius 3 is 1.92 bits per heavy atom. The summed E-state index contributed by atoms with van der Waals surface area (Å²) in [7, 11) is 0. The molecular weight excluding hydrogens is 170 g/mol. The number of ether oxygens (including phenoxy) is 1. The van der Waals surface area contributed by atoms with Crippen LogP contribution in [0.4, 0.5) is 0 Å². The van der Waals surface area contributed by atoms with Crippen molar-refractivity contribution < 1.29 is 14.9 Å². The molecule has 0 aliphatic carbocycles. The van der Waals surface area contributed by atoms with Gasteiger partial charge >= 0.3 is 0 Å². The summed E-state index contributed by atoms with van der Waals surface area (Å²) in [5, 5.41) is 26.5. The summed E-state index contributed by atoms with van der Waals surface area (Å²) < 4.78 is 5.32. The molecule has 4 nitrogen and oxygen atoms in total. The third-order valence-electron chi connectivity index (χ3n) is 1.62. The van der Waals surface area contributed by atoms with E-state index in [2.05, 4.69) is 0 Å². The van der Waals surface area contributed by atoms with E-state index in [9.17, 15) is 0 Å². The minimum Gasteiger partial charge on any atom is -0.395 e. The maximum atomic E-state index is 8.91. The van der Waals surface area contributed by atoms with Gasteiger partial charge in [0.15, 0.2) is 0 Å². The van der Waals surface area contributed by atoms with E-state index < -0.39 is 18.6 Å². The molecule has 0 unspecified atom stereocenters. The highest BCUT2D eigenvalue weighted by Gasteiger charge is 2.31. The third-order valence-corrected chi connectivity index (χ3v) is 1.62. The van der Waals surface area contributed by atoms with E-state index in [1.54, 1.807) is 0 Å². The number of aliphatic hydroxyl groups excluding tert-OH is 2. The van der Waals surface area contributed by atoms with Crippen molar-refractivity contribution >= 4 is 0 Å². The largest absolute Gasteiger partial charge is 0.395 e. The van der Waals surface area contributed by atoms with E-state index in [-0.39, 0.29) is 12.2 Å². The maximum absolute atomic E-state index is 8.91. The predicted molar refractivity (Wildman–Crippen MR) is 47.9 cm³/mol. The number of aliphatic hydroxyl groups is 2. The van der Waals surface area contributed by atoms with Crippen molar-refractivity contribution in [1.82, 2.24) is 0 Å². The molecule has 2 N–H and O–H groups in total. The highest BCUT2D eigenvalue weighted by atomic mass is 16.5. The molecule has 0 saturated carbocycles. The summed E-state index contributed by atoms with van der Waals surface area (Å²) in [6, 6.07) is 1.86. The fourth-order valence-electron chi connectivity index (χ4n) is 0.599. The van der Waals surface area contributed by atoms with Crippen molar-refractivity contribution in [3.63, 3.8) is 0 Å². The molecule has 0 aliphatic heterocycles. The number of hydrogen-bond acceptors (Lipinski definition) is 4. The molecule has 0 atom stereocenters. The molecule has 0 aromatic carbocycles. The molecular formula is C9H17NO3. The molecule has 76 valence electrons. The molecule has 0 spiro atoms. The fraction of sp³-hybridized carbons (Fsp3) is 0.889. The second-order valence-corrected chi connectivity index (χ2v) is 4.11. The number of nitriles is 1. The normalized spacial score (nSPS) is 12.6. The van der Waals surface area contributed by atoms with Crippen molar-refractivity contribution in [1.29, 1.82) is 5.26 Å². The van der Waals surface area contributed by atoms with E-state index in [1.807, 2.05) is 26.8 Å². The zero-order valence-electron chi connectivity index (χ0n) is 8.37. The maximum Gasteiger partial charge on any atom is 0.126 e. The molecule has 0 rings (SSSR count). The van der Waals surface area contributed by atoms with Crippen molar-refractivity contribution in [2.45, 2.75) is 26.4 Å². The average Bonchev–Trinajstić information content (AvgIpc) is 2.06. The molecule has 0 aliphatic rings. The van der Waals surface area contributed by atoms with Crippen molar-refractivity contribution in [3.8, 4) is 6.07 Å². The lowest BCUT2D eigenvalue weighted by atomic mass is 9.93. The molecule has 0 amide bonds. The number of hydrogen-bond donors (Lipinski definition) is 2. The summed E-state index contributed by atoms with van der Waals surface area (Å²) in [6.07, 6.45) is 0. The summed E-state index contributed by atoms with van der Waals surface area (Å²) in [6.45, 7) is 4.81. The Morgan fingerprint density at radius 2 is 1.69 bits per heavy atom. The Labute approximate surface area is 78.8 Å². The Kier molecular flexibility index (Phi) is 4.34. The van der Waals surface area contributed by atoms with Gasteiger partial charge in [-0.2, -0.15) is 5.26 Å². The van der Waals surface area contributed by atoms with E-state index in [4.69, 9.17) is 20.2 Å². The zero-order valence-corrected chi connectivity index (χ0v) is 8.37. The smallest absolute Gasteiger partial charge is 0.126 e. The lowest BCUT2D eigenvalue weighted by molar-refractivity contribution is -0.0636. The van der Waals surface area contributed by atoms with Gasteiger partial charge in [-0.15, -0.1) is 0 Å². The van der Waals surface area contributed by atoms with E-state index in [0.29, 0.717) is 0 Å². The molecule has 0 fully saturated rings. The van der Waals surface area contributed by atoms with Crippen LogP contribution >= 0.6 is 0 Å². The summed E-state index contributed by atoms with van der Waals surface area (Å²) in [5.41, 5.74) is -1.54. The molecule has 13 heavy (non-hydrogen) atoms. The van der Waals surface area contributed by atoms with Crippen molar-refractivity contribution in [3.05, 3.63) is 0 Å². The monoisotopic (exact) mass is 187 g/mol. The zero-order chi connectivity index (χ0) is 10.5. The van der Waals surface area contributed by atoms with Crippen LogP contribution in [0.1, 0.15) is 20.8 Å². The van der Waals surface area contributed by atoms with Crippen molar-refractivity contribution in [2.75, 3.05) is 19.8 Å². The minimum absolute atomic E-state index is 0.0417. The topological polar surface area (TPSA) is 73.5 Å². The predicted octanol–water partition coefficient (Wildman–Crippen LogP) is 0.296. The summed E-state index contributed by atoms with van der Waals surface area (Å²) >= 11 is 0. The number of nitrogens with zero attached hydrogens (tertiary/aromatic N) is 1. The Morgan fingerprint density at radius 1 is 1.23 bits per heavy atom. The third kappa shape index (κ3) is 4.23. The first-order valence-electron chi connectivity index (χ1n) is 4.16. The molecule has 0 radical (unpaired) electrons. The van der Waals surface area contributed by atoms with Gasteiger partial charge in [-0.05, 0) is 20.8 Å². The van der Waals surface area contributed by atoms with Gasteiger partial charge in [-0.25, -0.2) is 0 Å². The molecule has 0 saturated heterocycles. The van der Waals surface area contributed by atoms with Gasteiger partial charge in [0.1, 0.15) is 5.41 Å². The van der Waals surface area contributed by atoms with E-state index in [0.717, 1.165) is 0 Å². The van der Waals surface area contributed by atoms with E-state index >= 15 is 0 Å². The van der Waals surface area contributed by atoms with Gasteiger partial charge in [-0.1, -0.05) is 0 Å². The average molecular weight is 187 g/mol. The standard InChI is InChI=1S/C9H17NO3/c1-8(2,3)13-7-9(4-10,5-11)6-12/h11-12H,5-7H2,1-3H3. The van der Waals surface area contributed by atoms with Gasteiger partial charge in [0.25, 0.3) is 0 Å². The molecule has 4 heteroatoms. The van der Waals surface area contributed by atoms with Crippen LogP contribution in [0.15, 0.2) is 0 Å². The van der Waals surface area contributed by atoms with Crippen LogP contribution in [0.5, 0.6) is 0 Å². The Hall–Kier alpha value is -0.630. The SMILES string of the molecule is CC(C)(C)OCC(C#N)(CO)CO. The fourth-order valence-corrected chi connectivity index (χ4v) is 0.599.